The van der Waals surface area contributed by atoms with Crippen molar-refractivity contribution in [2.24, 2.45) is 0 Å². The zero-order valence-corrected chi connectivity index (χ0v) is 13.3. The van der Waals surface area contributed by atoms with Gasteiger partial charge in [0.25, 0.3) is 0 Å². The third-order valence-corrected chi connectivity index (χ3v) is 1.01. The summed E-state index contributed by atoms with van der Waals surface area (Å²) in [5.74, 6) is 0. The Morgan fingerprint density at radius 1 is 0.632 bits per heavy atom. The Morgan fingerprint density at radius 3 is 1.00 bits per heavy atom. The molecule has 120 valence electrons. The van der Waals surface area contributed by atoms with E-state index in [2.05, 4.69) is 18.6 Å². The number of rotatable bonds is 0. The van der Waals surface area contributed by atoms with Crippen molar-refractivity contribution in [3.05, 3.63) is 18.6 Å². The minimum absolute atomic E-state index is 0. The van der Waals surface area contributed by atoms with Crippen molar-refractivity contribution >= 4 is 26.6 Å². The van der Waals surface area contributed by atoms with Gasteiger partial charge >= 0.3 is 26.6 Å². The monoisotopic (exact) mass is 448 g/mol. The number of halogens is 9. The van der Waals surface area contributed by atoms with Gasteiger partial charge in [0, 0.05) is 19.5 Å². The molecule has 0 aromatic carbocycles. The quantitative estimate of drug-likeness (QED) is 0.199. The Hall–Kier alpha value is 1.02. The van der Waals surface area contributed by atoms with Crippen molar-refractivity contribution in [1.29, 1.82) is 0 Å². The maximum Gasteiger partial charge on any atom is 0.456 e. The summed E-state index contributed by atoms with van der Waals surface area (Å²) < 4.78 is 87.6. The molecule has 1 rings (SSSR count). The summed E-state index contributed by atoms with van der Waals surface area (Å²) in [6, 6.07) is 0. The van der Waals surface area contributed by atoms with Gasteiger partial charge in [0.1, 0.15) is 0 Å². The summed E-state index contributed by atoms with van der Waals surface area (Å²) in [5.41, 5.74) is 0. The summed E-state index contributed by atoms with van der Waals surface area (Å²) in [6.45, 7) is 0. The molecule has 0 atom stereocenters. The summed E-state index contributed by atoms with van der Waals surface area (Å²) in [6.07, 6.45) is 10.5. The van der Waals surface area contributed by atoms with E-state index in [4.69, 9.17) is 0 Å². The molecule has 0 fully saturated rings. The molecule has 0 amide bonds. The standard InChI is InChI=1S/C6H9.3F3P.Rh/c1-2-4-6-5-3-1;3*1-4(2)3;/h1-3H,4-6H2;;;;. The first kappa shape index (κ1) is 28.2. The molecule has 1 aliphatic rings. The van der Waals surface area contributed by atoms with Crippen molar-refractivity contribution in [3.63, 3.8) is 0 Å². The first-order chi connectivity index (χ1) is 8.20. The average Bonchev–Trinajstić information content (AvgIpc) is 2.17. The van der Waals surface area contributed by atoms with Crippen molar-refractivity contribution < 1.29 is 57.3 Å². The van der Waals surface area contributed by atoms with E-state index in [1.807, 2.05) is 0 Å². The van der Waals surface area contributed by atoms with Crippen LogP contribution in [0, 0.1) is 6.42 Å². The van der Waals surface area contributed by atoms with Gasteiger partial charge in [-0.25, -0.2) is 0 Å². The molecule has 0 nitrogen and oxygen atoms in total. The van der Waals surface area contributed by atoms with Gasteiger partial charge in [0.05, 0.1) is 0 Å². The van der Waals surface area contributed by atoms with Crippen LogP contribution in [0.4, 0.5) is 37.8 Å². The molecule has 0 aromatic rings. The van der Waals surface area contributed by atoms with Crippen molar-refractivity contribution in [3.8, 4) is 0 Å². The summed E-state index contributed by atoms with van der Waals surface area (Å²) in [4.78, 5) is 0. The summed E-state index contributed by atoms with van der Waals surface area (Å²) >= 11 is 0. The zero-order chi connectivity index (χ0) is 15.0. The smallest absolute Gasteiger partial charge is 0.152 e. The molecule has 19 heavy (non-hydrogen) atoms. The van der Waals surface area contributed by atoms with Crippen LogP contribution in [-0.4, -0.2) is 0 Å². The van der Waals surface area contributed by atoms with E-state index in [1.54, 1.807) is 0 Å². The normalized spacial score (nSPS) is 12.4. The van der Waals surface area contributed by atoms with Crippen LogP contribution < -0.4 is 0 Å². The molecule has 0 bridgehead atoms. The molecular formula is C6H9F9P3Rh. The van der Waals surface area contributed by atoms with E-state index in [0.29, 0.717) is 0 Å². The third-order valence-electron chi connectivity index (χ3n) is 1.01. The van der Waals surface area contributed by atoms with Gasteiger partial charge in [-0.2, -0.15) is 37.8 Å². The second-order valence-corrected chi connectivity index (χ2v) is 3.32. The van der Waals surface area contributed by atoms with Gasteiger partial charge in [-0.3, -0.25) is 0 Å². The second kappa shape index (κ2) is 24.1. The topological polar surface area (TPSA) is 0 Å². The van der Waals surface area contributed by atoms with Gasteiger partial charge in [-0.1, -0.05) is 12.2 Å². The summed E-state index contributed by atoms with van der Waals surface area (Å²) in [5, 5.41) is 0. The predicted molar refractivity (Wildman–Crippen MR) is 58.0 cm³/mol. The Labute approximate surface area is 122 Å². The molecule has 0 saturated heterocycles. The molecule has 0 aliphatic heterocycles. The largest absolute Gasteiger partial charge is 0.456 e. The Bertz CT molecular complexity index is 142. The second-order valence-electron chi connectivity index (χ2n) is 2.17. The minimum atomic E-state index is -4.12. The Morgan fingerprint density at radius 2 is 0.947 bits per heavy atom. The van der Waals surface area contributed by atoms with Crippen LogP contribution in [0.25, 0.3) is 0 Å². The molecule has 2 radical (unpaired) electrons. The predicted octanol–water partition coefficient (Wildman–Crippen LogP) is 8.29. The van der Waals surface area contributed by atoms with E-state index in [0.717, 1.165) is 0 Å². The van der Waals surface area contributed by atoms with Crippen molar-refractivity contribution in [2.45, 2.75) is 19.3 Å². The molecule has 0 aromatic heterocycles. The van der Waals surface area contributed by atoms with Crippen LogP contribution in [0.5, 0.6) is 0 Å². The number of hydrogen-bond acceptors (Lipinski definition) is 0. The molecule has 0 N–H and O–H groups in total. The van der Waals surface area contributed by atoms with Crippen LogP contribution >= 0.6 is 26.6 Å². The van der Waals surface area contributed by atoms with Gasteiger partial charge in [-0.05, 0) is 25.7 Å². The molecule has 0 unspecified atom stereocenters. The van der Waals surface area contributed by atoms with E-state index >= 15 is 0 Å². The Balaban J connectivity index is -0.0000000796. The van der Waals surface area contributed by atoms with Crippen LogP contribution in [0.3, 0.4) is 0 Å². The third kappa shape index (κ3) is 112. The van der Waals surface area contributed by atoms with Crippen LogP contribution in [0.1, 0.15) is 19.3 Å². The van der Waals surface area contributed by atoms with Gasteiger partial charge in [0.15, 0.2) is 0 Å². The molecule has 1 aliphatic carbocycles. The molecule has 0 spiro atoms. The first-order valence-electron chi connectivity index (χ1n) is 4.00. The fourth-order valence-corrected chi connectivity index (χ4v) is 0.642. The number of hydrogen-bond donors (Lipinski definition) is 0. The van der Waals surface area contributed by atoms with Crippen molar-refractivity contribution in [1.82, 2.24) is 0 Å². The summed E-state index contributed by atoms with van der Waals surface area (Å²) in [7, 11) is -12.4. The van der Waals surface area contributed by atoms with Crippen LogP contribution in [0.15, 0.2) is 12.2 Å². The first-order valence-corrected chi connectivity index (χ1v) is 7.05. The SMILES string of the molecule is FP(F)F.FP(F)F.FP(F)F.[CH]1C=CCCC1.[Rh]. The minimum Gasteiger partial charge on any atom is -0.152 e. The maximum atomic E-state index is 9.73. The van der Waals surface area contributed by atoms with E-state index in [9.17, 15) is 37.8 Å². The number of allylic oxidation sites excluding steroid dienone is 2. The van der Waals surface area contributed by atoms with E-state index < -0.39 is 26.6 Å². The maximum absolute atomic E-state index is 9.73. The molecule has 0 heterocycles. The molecular weight excluding hydrogens is 439 g/mol. The zero-order valence-electron chi connectivity index (χ0n) is 8.93. The fourth-order valence-electron chi connectivity index (χ4n) is 0.642. The van der Waals surface area contributed by atoms with Gasteiger partial charge in [0.2, 0.25) is 0 Å². The fraction of sp³-hybridized carbons (Fsp3) is 0.500. The van der Waals surface area contributed by atoms with Gasteiger partial charge in [-0.15, -0.1) is 0 Å². The molecule has 13 heteroatoms. The van der Waals surface area contributed by atoms with Crippen LogP contribution in [0.2, 0.25) is 0 Å². The van der Waals surface area contributed by atoms with Crippen molar-refractivity contribution in [2.75, 3.05) is 0 Å². The molecule has 0 saturated carbocycles. The van der Waals surface area contributed by atoms with Gasteiger partial charge < -0.3 is 0 Å². The Kier molecular flexibility index (Phi) is 35.8. The van der Waals surface area contributed by atoms with E-state index in [1.165, 1.54) is 19.3 Å². The average molecular weight is 448 g/mol. The van der Waals surface area contributed by atoms with E-state index in [-0.39, 0.29) is 19.5 Å². The van der Waals surface area contributed by atoms with Crippen LogP contribution in [-0.2, 0) is 19.5 Å².